The first-order chi connectivity index (χ1) is 4.75. The molecule has 1 aliphatic heterocycles. The van der Waals surface area contributed by atoms with Crippen molar-refractivity contribution in [1.82, 2.24) is 10.6 Å². The Labute approximate surface area is 57.4 Å². The summed E-state index contributed by atoms with van der Waals surface area (Å²) in [5.41, 5.74) is 4.95. The maximum Gasteiger partial charge on any atom is 0.393 e. The van der Waals surface area contributed by atoms with Gasteiger partial charge in [0.25, 0.3) is 0 Å². The highest BCUT2D eigenvalue weighted by molar-refractivity contribution is 5.81. The Bertz CT molecular complexity index is 185. The van der Waals surface area contributed by atoms with Crippen molar-refractivity contribution in [1.29, 1.82) is 5.39 Å². The summed E-state index contributed by atoms with van der Waals surface area (Å²) in [5, 5.41) is 13.7. The van der Waals surface area contributed by atoms with Crippen molar-refractivity contribution in [2.45, 2.75) is 12.2 Å². The maximum absolute atomic E-state index is 10.5. The summed E-state index contributed by atoms with van der Waals surface area (Å²) >= 11 is 0. The fourth-order valence-electron chi connectivity index (χ4n) is 0.867. The Kier molecular flexibility index (Phi) is 1.80. The van der Waals surface area contributed by atoms with Crippen molar-refractivity contribution in [3.05, 3.63) is 4.98 Å². The van der Waals surface area contributed by atoms with E-state index < -0.39 is 18.1 Å². The second-order valence-corrected chi connectivity index (χ2v) is 2.03. The summed E-state index contributed by atoms with van der Waals surface area (Å²) in [4.78, 5) is 13.4. The molecule has 6 nitrogen and oxygen atoms in total. The highest BCUT2D eigenvalue weighted by Gasteiger charge is 2.40. The van der Waals surface area contributed by atoms with Gasteiger partial charge in [0, 0.05) is 0 Å². The Morgan fingerprint density at radius 3 is 2.80 bits per heavy atom. The summed E-state index contributed by atoms with van der Waals surface area (Å²) in [6.07, 6.45) is -0.600. The van der Waals surface area contributed by atoms with Crippen LogP contribution in [0.15, 0.2) is 0 Å². The number of nitrogens with zero attached hydrogens (tertiary/aromatic N) is 2. The molecule has 4 N–H and O–H groups in total. The second-order valence-electron chi connectivity index (χ2n) is 2.03. The van der Waals surface area contributed by atoms with Gasteiger partial charge >= 0.3 is 6.17 Å². The molecule has 1 amide bonds. The van der Waals surface area contributed by atoms with Gasteiger partial charge in [-0.25, -0.2) is 5.32 Å². The molecule has 1 aliphatic rings. The van der Waals surface area contributed by atoms with Gasteiger partial charge in [-0.2, -0.15) is 0 Å². The van der Waals surface area contributed by atoms with Crippen LogP contribution < -0.4 is 16.4 Å². The molecule has 0 aromatic heterocycles. The largest absolute Gasteiger partial charge is 0.393 e. The molecule has 1 fully saturated rings. The molecule has 1 saturated heterocycles. The van der Waals surface area contributed by atoms with Gasteiger partial charge in [0.1, 0.15) is 4.98 Å². The quantitative estimate of drug-likeness (QED) is 0.375. The molecular weight excluding hydrogens is 134 g/mol. The number of amides is 1. The van der Waals surface area contributed by atoms with E-state index in [9.17, 15) is 4.79 Å². The van der Waals surface area contributed by atoms with Gasteiger partial charge in [-0.15, -0.1) is 0 Å². The van der Waals surface area contributed by atoms with Crippen LogP contribution in [0.25, 0.3) is 4.98 Å². The van der Waals surface area contributed by atoms with Gasteiger partial charge in [0.15, 0.2) is 6.04 Å². The van der Waals surface area contributed by atoms with E-state index in [1.807, 2.05) is 0 Å². The Balaban J connectivity index is 2.61. The fraction of sp³-hybridized carbons (Fsp3) is 0.750. The molecule has 54 valence electrons. The van der Waals surface area contributed by atoms with E-state index in [0.717, 1.165) is 0 Å². The van der Waals surface area contributed by atoms with Gasteiger partial charge in [-0.1, -0.05) is 0 Å². The van der Waals surface area contributed by atoms with Crippen LogP contribution in [0.3, 0.4) is 0 Å². The minimum absolute atomic E-state index is 0.433. The molecule has 6 heteroatoms. The average Bonchev–Trinajstić information content (AvgIpc) is 2.33. The van der Waals surface area contributed by atoms with E-state index >= 15 is 0 Å². The number of nitrogens with two attached hydrogens (primary N) is 1. The summed E-state index contributed by atoms with van der Waals surface area (Å²) in [6.45, 7) is 0.433. The number of carbonyl (C=O) groups excluding carboxylic acids is 1. The maximum atomic E-state index is 10.5. The van der Waals surface area contributed by atoms with Gasteiger partial charge in [-0.05, 0) is 0 Å². The molecule has 0 bridgehead atoms. The molecule has 2 atom stereocenters. The van der Waals surface area contributed by atoms with E-state index in [2.05, 4.69) is 15.6 Å². The number of primary amides is 1. The summed E-state index contributed by atoms with van der Waals surface area (Å²) in [6, 6.07) is -0.593. The third kappa shape index (κ3) is 1.05. The molecule has 0 aliphatic carbocycles. The number of diazo groups is 1. The van der Waals surface area contributed by atoms with E-state index in [0.29, 0.717) is 6.67 Å². The van der Waals surface area contributed by atoms with Gasteiger partial charge in [-0.3, -0.25) is 10.1 Å². The lowest BCUT2D eigenvalue weighted by Crippen LogP contribution is -2.43. The van der Waals surface area contributed by atoms with E-state index in [-0.39, 0.29) is 0 Å². The first-order valence-corrected chi connectivity index (χ1v) is 2.86. The first kappa shape index (κ1) is 6.92. The minimum Gasteiger partial charge on any atom is -0.368 e. The lowest BCUT2D eigenvalue weighted by Gasteiger charge is -1.98. The van der Waals surface area contributed by atoms with Crippen molar-refractivity contribution in [2.24, 2.45) is 5.73 Å². The van der Waals surface area contributed by atoms with Crippen LogP contribution in [-0.4, -0.2) is 24.8 Å². The average molecular weight is 142 g/mol. The van der Waals surface area contributed by atoms with Crippen LogP contribution in [0, 0.1) is 5.39 Å². The number of carbonyl (C=O) groups is 1. The standard InChI is InChI=1S/C4H7N5O/c5-3(10)2-4(9-6)8-1-7-2/h2,4,7-8H,1H2,(H-,5,10)/p+1. The predicted molar refractivity (Wildman–Crippen MR) is 33.0 cm³/mol. The van der Waals surface area contributed by atoms with Crippen LogP contribution in [-0.2, 0) is 4.79 Å². The molecule has 0 saturated carbocycles. The Hall–Kier alpha value is -1.19. The molecule has 0 spiro atoms. The first-order valence-electron chi connectivity index (χ1n) is 2.86. The molecule has 0 radical (unpaired) electrons. The number of hydrogen-bond donors (Lipinski definition) is 3. The molecule has 2 unspecified atom stereocenters. The SMILES string of the molecule is N#[N+]C1NCNC1C(N)=O. The smallest absolute Gasteiger partial charge is 0.368 e. The van der Waals surface area contributed by atoms with Gasteiger partial charge in [0.05, 0.1) is 6.67 Å². The van der Waals surface area contributed by atoms with E-state index in [1.54, 1.807) is 0 Å². The van der Waals surface area contributed by atoms with Crippen LogP contribution in [0.1, 0.15) is 0 Å². The predicted octanol–water partition coefficient (Wildman–Crippen LogP) is -1.83. The highest BCUT2D eigenvalue weighted by atomic mass is 16.1. The minimum atomic E-state index is -0.600. The Morgan fingerprint density at radius 1 is 1.70 bits per heavy atom. The third-order valence-corrected chi connectivity index (χ3v) is 1.38. The normalized spacial score (nSPS) is 31.5. The zero-order valence-corrected chi connectivity index (χ0v) is 5.24. The number of hydrogen-bond acceptors (Lipinski definition) is 4. The highest BCUT2D eigenvalue weighted by Crippen LogP contribution is 1.99. The lowest BCUT2D eigenvalue weighted by molar-refractivity contribution is -0.119. The summed E-state index contributed by atoms with van der Waals surface area (Å²) < 4.78 is 0. The molecule has 1 rings (SSSR count). The fourth-order valence-corrected chi connectivity index (χ4v) is 0.867. The molecule has 10 heavy (non-hydrogen) atoms. The van der Waals surface area contributed by atoms with Crippen LogP contribution in [0.4, 0.5) is 0 Å². The van der Waals surface area contributed by atoms with E-state index in [1.165, 1.54) is 0 Å². The van der Waals surface area contributed by atoms with Crippen molar-refractivity contribution < 1.29 is 4.79 Å². The zero-order chi connectivity index (χ0) is 7.56. The third-order valence-electron chi connectivity index (χ3n) is 1.38. The second kappa shape index (κ2) is 2.60. The van der Waals surface area contributed by atoms with Crippen molar-refractivity contribution >= 4 is 5.91 Å². The topological polar surface area (TPSA) is 95.3 Å². The van der Waals surface area contributed by atoms with E-state index in [4.69, 9.17) is 11.1 Å². The van der Waals surface area contributed by atoms with Crippen LogP contribution in [0.5, 0.6) is 0 Å². The monoisotopic (exact) mass is 142 g/mol. The van der Waals surface area contributed by atoms with Crippen molar-refractivity contribution in [3.8, 4) is 0 Å². The molecular formula is C4H8N5O+. The number of rotatable bonds is 1. The molecule has 0 aromatic rings. The van der Waals surface area contributed by atoms with Gasteiger partial charge in [0.2, 0.25) is 11.3 Å². The van der Waals surface area contributed by atoms with Crippen LogP contribution in [0.2, 0.25) is 0 Å². The summed E-state index contributed by atoms with van der Waals surface area (Å²) in [5.74, 6) is -0.521. The zero-order valence-electron chi connectivity index (χ0n) is 5.24. The molecule has 1 heterocycles. The van der Waals surface area contributed by atoms with Crippen molar-refractivity contribution in [2.75, 3.05) is 6.67 Å². The molecule has 0 aromatic carbocycles. The Morgan fingerprint density at radius 2 is 2.40 bits per heavy atom. The van der Waals surface area contributed by atoms with Gasteiger partial charge < -0.3 is 5.73 Å². The lowest BCUT2D eigenvalue weighted by atomic mass is 10.2. The van der Waals surface area contributed by atoms with Crippen LogP contribution >= 0.6 is 0 Å². The summed E-state index contributed by atoms with van der Waals surface area (Å²) in [7, 11) is 0. The number of nitrogens with one attached hydrogen (secondary N) is 2. The van der Waals surface area contributed by atoms with Crippen molar-refractivity contribution in [3.63, 3.8) is 0 Å².